The van der Waals surface area contributed by atoms with Gasteiger partial charge in [-0.25, -0.2) is 4.79 Å². The van der Waals surface area contributed by atoms with Gasteiger partial charge in [0.25, 0.3) is 0 Å². The minimum Gasteiger partial charge on any atom is -0.550 e. The van der Waals surface area contributed by atoms with Crippen LogP contribution in [0.25, 0.3) is 0 Å². The lowest BCUT2D eigenvalue weighted by Gasteiger charge is -2.25. The fourth-order valence-electron chi connectivity index (χ4n) is 3.94. The third-order valence-electron chi connectivity index (χ3n) is 5.43. The first-order valence-corrected chi connectivity index (χ1v) is 9.30. The molecule has 7 nitrogen and oxygen atoms in total. The molecule has 1 aromatic rings. The fourth-order valence-corrected chi connectivity index (χ4v) is 3.94. The van der Waals surface area contributed by atoms with Crippen LogP contribution in [0.3, 0.4) is 0 Å². The number of methoxy groups -OCH3 is 1. The van der Waals surface area contributed by atoms with Gasteiger partial charge in [0.05, 0.1) is 7.11 Å². The van der Waals surface area contributed by atoms with E-state index in [1.54, 1.807) is 0 Å². The summed E-state index contributed by atoms with van der Waals surface area (Å²) in [6.07, 6.45) is 4.86. The van der Waals surface area contributed by atoms with E-state index in [-0.39, 0.29) is 17.9 Å². The molecule has 150 valence electrons. The van der Waals surface area contributed by atoms with Crippen LogP contribution in [0.4, 0.5) is 0 Å². The summed E-state index contributed by atoms with van der Waals surface area (Å²) >= 11 is 0. The van der Waals surface area contributed by atoms with Crippen LogP contribution in [0.15, 0.2) is 11.6 Å². The van der Waals surface area contributed by atoms with E-state index in [0.717, 1.165) is 11.1 Å². The van der Waals surface area contributed by atoms with Gasteiger partial charge >= 0.3 is 11.9 Å². The molecule has 1 fully saturated rings. The summed E-state index contributed by atoms with van der Waals surface area (Å²) in [5.74, 6) is -1.69. The highest BCUT2D eigenvalue weighted by Gasteiger charge is 2.33. The fraction of sp³-hybridized carbons (Fsp3) is 0.476. The molecule has 1 aliphatic carbocycles. The summed E-state index contributed by atoms with van der Waals surface area (Å²) in [5, 5.41) is 11.0. The van der Waals surface area contributed by atoms with E-state index in [1.165, 1.54) is 14.0 Å². The summed E-state index contributed by atoms with van der Waals surface area (Å²) in [6, 6.07) is 0. The molecule has 0 radical (unpaired) electrons. The molecule has 7 heteroatoms. The Morgan fingerprint density at radius 2 is 1.93 bits per heavy atom. The van der Waals surface area contributed by atoms with Crippen molar-refractivity contribution in [2.24, 2.45) is 5.92 Å². The van der Waals surface area contributed by atoms with Crippen molar-refractivity contribution in [2.75, 3.05) is 7.11 Å². The van der Waals surface area contributed by atoms with Gasteiger partial charge in [-0.05, 0) is 50.5 Å². The van der Waals surface area contributed by atoms with Crippen LogP contribution in [-0.4, -0.2) is 25.0 Å². The van der Waals surface area contributed by atoms with Crippen molar-refractivity contribution in [3.05, 3.63) is 33.9 Å². The van der Waals surface area contributed by atoms with Crippen molar-refractivity contribution in [3.63, 3.8) is 0 Å². The average Bonchev–Trinajstić information content (AvgIpc) is 3.04. The molecule has 1 heterocycles. The van der Waals surface area contributed by atoms with Crippen LogP contribution in [0.2, 0.25) is 0 Å². The molecular weight excluding hydrogens is 364 g/mol. The Morgan fingerprint density at radius 3 is 2.50 bits per heavy atom. The maximum absolute atomic E-state index is 12.2. The topological polar surface area (TPSA) is 102 Å². The van der Waals surface area contributed by atoms with Crippen LogP contribution < -0.4 is 14.6 Å². The number of carbonyl (C=O) groups is 3. The number of fused-ring (bicyclic) bond motifs is 1. The molecule has 1 saturated carbocycles. The lowest BCUT2D eigenvalue weighted by atomic mass is 9.85. The van der Waals surface area contributed by atoms with E-state index in [4.69, 9.17) is 14.2 Å². The maximum Gasteiger partial charge on any atom is 0.342 e. The number of carboxylic acid groups (broad SMARTS) is 1. The van der Waals surface area contributed by atoms with Crippen LogP contribution >= 0.6 is 0 Å². The lowest BCUT2D eigenvalue weighted by Crippen LogP contribution is -2.32. The minimum atomic E-state index is -0.995. The molecule has 0 aromatic heterocycles. The van der Waals surface area contributed by atoms with Gasteiger partial charge in [-0.3, -0.25) is 4.79 Å². The number of carboxylic acids is 1. The number of ether oxygens (including phenoxy) is 3. The number of benzene rings is 1. The Hall–Kier alpha value is -2.83. The normalized spacial score (nSPS) is 18.3. The standard InChI is InChI=1S/C21H24O7/c1-11-16-10-27-21(25)17(16)19(28-12(2)22)15(18(11)26-3)9-6-13-4-7-14(8-5-13)20(23)24/h6,14H,4-5,7-10H2,1-3H3,(H,23,24)/p-1. The first-order valence-electron chi connectivity index (χ1n) is 9.30. The number of esters is 2. The van der Waals surface area contributed by atoms with Gasteiger partial charge in [-0.15, -0.1) is 0 Å². The van der Waals surface area contributed by atoms with E-state index < -0.39 is 23.8 Å². The molecule has 0 spiro atoms. The van der Waals surface area contributed by atoms with Gasteiger partial charge in [0.15, 0.2) is 5.75 Å². The second-order valence-corrected chi connectivity index (χ2v) is 7.15. The minimum absolute atomic E-state index is 0.122. The molecule has 2 aliphatic rings. The summed E-state index contributed by atoms with van der Waals surface area (Å²) in [7, 11) is 1.53. The maximum atomic E-state index is 12.2. The predicted octanol–water partition coefficient (Wildman–Crippen LogP) is 2.01. The van der Waals surface area contributed by atoms with Crippen molar-refractivity contribution in [3.8, 4) is 11.5 Å². The highest BCUT2D eigenvalue weighted by atomic mass is 16.6. The van der Waals surface area contributed by atoms with Gasteiger partial charge in [-0.1, -0.05) is 11.6 Å². The Bertz CT molecular complexity index is 856. The second kappa shape index (κ2) is 8.04. The first kappa shape index (κ1) is 19.9. The van der Waals surface area contributed by atoms with Crippen molar-refractivity contribution in [2.45, 2.75) is 52.6 Å². The van der Waals surface area contributed by atoms with Crippen molar-refractivity contribution in [1.29, 1.82) is 0 Å². The zero-order chi connectivity index (χ0) is 20.4. The van der Waals surface area contributed by atoms with E-state index in [0.29, 0.717) is 49.0 Å². The highest BCUT2D eigenvalue weighted by molar-refractivity contribution is 5.99. The van der Waals surface area contributed by atoms with Gasteiger partial charge in [-0.2, -0.15) is 0 Å². The molecule has 0 bridgehead atoms. The van der Waals surface area contributed by atoms with Gasteiger partial charge in [0.1, 0.15) is 17.9 Å². The Morgan fingerprint density at radius 1 is 1.25 bits per heavy atom. The number of carbonyl (C=O) groups excluding carboxylic acids is 3. The predicted molar refractivity (Wildman–Crippen MR) is 96.9 cm³/mol. The molecule has 0 unspecified atom stereocenters. The van der Waals surface area contributed by atoms with Gasteiger partial charge in [0, 0.05) is 24.0 Å². The van der Waals surface area contributed by atoms with E-state index in [1.807, 2.05) is 13.0 Å². The average molecular weight is 387 g/mol. The monoisotopic (exact) mass is 387 g/mol. The molecule has 1 aromatic carbocycles. The number of aliphatic carboxylic acids is 1. The summed E-state index contributed by atoms with van der Waals surface area (Å²) < 4.78 is 16.1. The largest absolute Gasteiger partial charge is 0.550 e. The molecule has 3 rings (SSSR count). The molecule has 0 N–H and O–H groups in total. The zero-order valence-electron chi connectivity index (χ0n) is 16.3. The molecule has 1 aliphatic heterocycles. The number of hydrogen-bond donors (Lipinski definition) is 0. The number of allylic oxidation sites excluding steroid dienone is 2. The Balaban J connectivity index is 1.98. The molecule has 28 heavy (non-hydrogen) atoms. The van der Waals surface area contributed by atoms with Crippen molar-refractivity contribution < 1.29 is 33.7 Å². The number of hydrogen-bond acceptors (Lipinski definition) is 7. The molecule has 0 amide bonds. The van der Waals surface area contributed by atoms with Crippen LogP contribution in [0.5, 0.6) is 11.5 Å². The third kappa shape index (κ3) is 3.74. The van der Waals surface area contributed by atoms with Gasteiger partial charge in [0.2, 0.25) is 0 Å². The zero-order valence-corrected chi connectivity index (χ0v) is 16.3. The van der Waals surface area contributed by atoms with Crippen molar-refractivity contribution in [1.82, 2.24) is 0 Å². The molecule has 0 atom stereocenters. The van der Waals surface area contributed by atoms with Crippen molar-refractivity contribution >= 4 is 17.9 Å². The summed E-state index contributed by atoms with van der Waals surface area (Å²) in [6.45, 7) is 3.25. The van der Waals surface area contributed by atoms with E-state index in [9.17, 15) is 19.5 Å². The second-order valence-electron chi connectivity index (χ2n) is 7.15. The smallest absolute Gasteiger partial charge is 0.342 e. The lowest BCUT2D eigenvalue weighted by molar-refractivity contribution is -0.312. The quantitative estimate of drug-likeness (QED) is 0.433. The Kier molecular flexibility index (Phi) is 5.72. The van der Waals surface area contributed by atoms with Crippen LogP contribution in [0, 0.1) is 12.8 Å². The Labute approximate surface area is 163 Å². The SMILES string of the molecule is COc1c(C)c2c(c(OC(C)=O)c1CC=C1CCC(C(=O)[O-])CC1)C(=O)OC2. The van der Waals surface area contributed by atoms with Crippen LogP contribution in [0.1, 0.15) is 59.7 Å². The highest BCUT2D eigenvalue weighted by Crippen LogP contribution is 2.43. The summed E-state index contributed by atoms with van der Waals surface area (Å²) in [4.78, 5) is 34.9. The summed E-state index contributed by atoms with van der Waals surface area (Å²) in [5.41, 5.74) is 3.48. The molecular formula is C21H23O7-. The third-order valence-corrected chi connectivity index (χ3v) is 5.43. The molecule has 0 saturated heterocycles. The number of cyclic esters (lactones) is 1. The van der Waals surface area contributed by atoms with E-state index in [2.05, 4.69) is 0 Å². The number of rotatable bonds is 5. The first-order chi connectivity index (χ1) is 13.3. The van der Waals surface area contributed by atoms with Gasteiger partial charge < -0.3 is 24.1 Å². The van der Waals surface area contributed by atoms with Crippen LogP contribution in [-0.2, 0) is 27.4 Å². The van der Waals surface area contributed by atoms with E-state index >= 15 is 0 Å².